The SMILES string of the molecule is COc1cc(/C=C(\Sc2n[nH]c(C)n2)C(=O)O)cc(Br)c1OC. The number of hydrogen-bond donors (Lipinski definition) is 2. The van der Waals surface area contributed by atoms with Crippen molar-refractivity contribution in [3.8, 4) is 11.5 Å². The Labute approximate surface area is 145 Å². The van der Waals surface area contributed by atoms with E-state index in [9.17, 15) is 9.90 Å². The van der Waals surface area contributed by atoms with Crippen molar-refractivity contribution in [2.75, 3.05) is 14.2 Å². The minimum absolute atomic E-state index is 0.0862. The topological polar surface area (TPSA) is 97.3 Å². The number of methoxy groups -OCH3 is 2. The first kappa shape index (κ1) is 17.4. The number of carbonyl (C=O) groups is 1. The molecule has 0 amide bonds. The zero-order valence-electron chi connectivity index (χ0n) is 12.6. The van der Waals surface area contributed by atoms with Gasteiger partial charge in [0.1, 0.15) is 10.7 Å². The van der Waals surface area contributed by atoms with Crippen molar-refractivity contribution in [2.24, 2.45) is 0 Å². The number of carboxylic acids is 1. The fraction of sp³-hybridized carbons (Fsp3) is 0.214. The Morgan fingerprint density at radius 3 is 2.65 bits per heavy atom. The fourth-order valence-electron chi connectivity index (χ4n) is 1.77. The summed E-state index contributed by atoms with van der Waals surface area (Å²) in [5.41, 5.74) is 0.645. The number of nitrogens with one attached hydrogen (secondary N) is 1. The van der Waals surface area contributed by atoms with Crippen molar-refractivity contribution in [2.45, 2.75) is 12.1 Å². The molecule has 7 nitrogen and oxygen atoms in total. The molecule has 0 unspecified atom stereocenters. The molecule has 1 aromatic heterocycles. The van der Waals surface area contributed by atoms with Crippen LogP contribution in [0.2, 0.25) is 0 Å². The van der Waals surface area contributed by atoms with Gasteiger partial charge in [0.05, 0.1) is 18.7 Å². The third-order valence-corrected chi connectivity index (χ3v) is 4.21. The number of aromatic nitrogens is 3. The van der Waals surface area contributed by atoms with Crippen LogP contribution in [0.4, 0.5) is 0 Å². The molecule has 0 aliphatic carbocycles. The second kappa shape index (κ2) is 7.51. The molecule has 2 aromatic rings. The summed E-state index contributed by atoms with van der Waals surface area (Å²) in [4.78, 5) is 15.6. The van der Waals surface area contributed by atoms with Gasteiger partial charge in [-0.15, -0.1) is 5.10 Å². The second-order valence-electron chi connectivity index (χ2n) is 4.36. The summed E-state index contributed by atoms with van der Waals surface area (Å²) in [6.07, 6.45) is 1.52. The summed E-state index contributed by atoms with van der Waals surface area (Å²) in [7, 11) is 3.04. The third kappa shape index (κ3) is 4.26. The molecule has 9 heteroatoms. The highest BCUT2D eigenvalue weighted by Crippen LogP contribution is 2.37. The standard InChI is InChI=1S/C14H14BrN3O4S/c1-7-16-14(18-17-7)23-11(13(19)20)6-8-4-9(15)12(22-3)10(5-8)21-2/h4-6H,1-3H3,(H,19,20)(H,16,17,18)/b11-6-. The molecule has 0 saturated heterocycles. The maximum Gasteiger partial charge on any atom is 0.342 e. The van der Waals surface area contributed by atoms with Crippen LogP contribution in [-0.4, -0.2) is 40.5 Å². The van der Waals surface area contributed by atoms with Crippen molar-refractivity contribution in [3.05, 3.63) is 32.9 Å². The van der Waals surface area contributed by atoms with Gasteiger partial charge in [0.25, 0.3) is 0 Å². The highest BCUT2D eigenvalue weighted by Gasteiger charge is 2.15. The Morgan fingerprint density at radius 2 is 2.13 bits per heavy atom. The summed E-state index contributed by atoms with van der Waals surface area (Å²) in [6.45, 7) is 1.74. The van der Waals surface area contributed by atoms with Crippen LogP contribution < -0.4 is 9.47 Å². The van der Waals surface area contributed by atoms with E-state index in [0.717, 1.165) is 11.8 Å². The average molecular weight is 400 g/mol. The number of aromatic amines is 1. The number of rotatable bonds is 6. The number of thioether (sulfide) groups is 1. The lowest BCUT2D eigenvalue weighted by atomic mass is 10.2. The van der Waals surface area contributed by atoms with Crippen LogP contribution in [0, 0.1) is 6.92 Å². The molecule has 0 spiro atoms. The minimum atomic E-state index is -1.07. The Balaban J connectivity index is 2.39. The number of hydrogen-bond acceptors (Lipinski definition) is 6. The Hall–Kier alpha value is -2.00. The van der Waals surface area contributed by atoms with Gasteiger partial charge in [-0.3, -0.25) is 5.10 Å². The molecule has 122 valence electrons. The van der Waals surface area contributed by atoms with Gasteiger partial charge in [0.15, 0.2) is 11.5 Å². The van der Waals surface area contributed by atoms with Gasteiger partial charge in [-0.2, -0.15) is 0 Å². The largest absolute Gasteiger partial charge is 0.493 e. The molecule has 0 saturated carbocycles. The van der Waals surface area contributed by atoms with Crippen molar-refractivity contribution in [1.82, 2.24) is 15.2 Å². The molecule has 1 heterocycles. The van der Waals surface area contributed by atoms with Crippen LogP contribution in [-0.2, 0) is 4.79 Å². The first-order chi connectivity index (χ1) is 10.9. The average Bonchev–Trinajstić information content (AvgIpc) is 2.91. The first-order valence-electron chi connectivity index (χ1n) is 6.38. The number of halogens is 1. The first-order valence-corrected chi connectivity index (χ1v) is 7.99. The Bertz CT molecular complexity index is 760. The normalized spacial score (nSPS) is 11.4. The zero-order valence-corrected chi connectivity index (χ0v) is 15.0. The highest BCUT2D eigenvalue weighted by molar-refractivity contribution is 9.10. The van der Waals surface area contributed by atoms with E-state index in [4.69, 9.17) is 9.47 Å². The predicted octanol–water partition coefficient (Wildman–Crippen LogP) is 3.11. The number of carboxylic acid groups (broad SMARTS) is 1. The number of nitrogens with zero attached hydrogens (tertiary/aromatic N) is 2. The van der Waals surface area contributed by atoms with Crippen LogP contribution in [0.25, 0.3) is 6.08 Å². The molecule has 0 fully saturated rings. The van der Waals surface area contributed by atoms with Crippen molar-refractivity contribution < 1.29 is 19.4 Å². The monoisotopic (exact) mass is 399 g/mol. The molecule has 2 rings (SSSR count). The minimum Gasteiger partial charge on any atom is -0.493 e. The van der Waals surface area contributed by atoms with E-state index >= 15 is 0 Å². The van der Waals surface area contributed by atoms with Crippen molar-refractivity contribution in [1.29, 1.82) is 0 Å². The number of aryl methyl sites for hydroxylation is 1. The maximum atomic E-state index is 11.5. The molecule has 1 aromatic carbocycles. The van der Waals surface area contributed by atoms with E-state index in [2.05, 4.69) is 31.1 Å². The molecule has 23 heavy (non-hydrogen) atoms. The quantitative estimate of drug-likeness (QED) is 0.568. The van der Waals surface area contributed by atoms with Crippen LogP contribution in [0.1, 0.15) is 11.4 Å². The number of aliphatic carboxylic acids is 1. The van der Waals surface area contributed by atoms with Gasteiger partial charge < -0.3 is 14.6 Å². The molecule has 0 radical (unpaired) electrons. The van der Waals surface area contributed by atoms with E-state index in [1.807, 2.05) is 0 Å². The van der Waals surface area contributed by atoms with E-state index in [1.165, 1.54) is 20.3 Å². The molecule has 2 N–H and O–H groups in total. The Morgan fingerprint density at radius 1 is 1.39 bits per heavy atom. The zero-order chi connectivity index (χ0) is 17.0. The number of H-pyrrole nitrogens is 1. The van der Waals surface area contributed by atoms with Crippen molar-refractivity contribution in [3.63, 3.8) is 0 Å². The molecule has 0 atom stereocenters. The summed E-state index contributed by atoms with van der Waals surface area (Å²) in [5, 5.41) is 16.3. The van der Waals surface area contributed by atoms with E-state index in [1.54, 1.807) is 19.1 Å². The van der Waals surface area contributed by atoms with E-state index in [-0.39, 0.29) is 4.91 Å². The van der Waals surface area contributed by atoms with Crippen molar-refractivity contribution >= 4 is 39.7 Å². The van der Waals surface area contributed by atoms with E-state index < -0.39 is 5.97 Å². The third-order valence-electron chi connectivity index (χ3n) is 2.74. The summed E-state index contributed by atoms with van der Waals surface area (Å²) < 4.78 is 11.1. The van der Waals surface area contributed by atoms with Gasteiger partial charge in [-0.05, 0) is 58.4 Å². The lowest BCUT2D eigenvalue weighted by molar-refractivity contribution is -0.131. The predicted molar refractivity (Wildman–Crippen MR) is 89.8 cm³/mol. The lowest BCUT2D eigenvalue weighted by Gasteiger charge is -2.10. The van der Waals surface area contributed by atoms with Gasteiger partial charge in [-0.25, -0.2) is 9.78 Å². The van der Waals surface area contributed by atoms with Gasteiger partial charge >= 0.3 is 5.97 Å². The maximum absolute atomic E-state index is 11.5. The summed E-state index contributed by atoms with van der Waals surface area (Å²) in [6, 6.07) is 3.43. The molecular formula is C14H14BrN3O4S. The van der Waals surface area contributed by atoms with Gasteiger partial charge in [0.2, 0.25) is 5.16 Å². The van der Waals surface area contributed by atoms with Crippen LogP contribution in [0.15, 0.2) is 26.7 Å². The number of benzene rings is 1. The molecular weight excluding hydrogens is 386 g/mol. The van der Waals surface area contributed by atoms with Crippen LogP contribution >= 0.6 is 27.7 Å². The van der Waals surface area contributed by atoms with Gasteiger partial charge in [-0.1, -0.05) is 0 Å². The highest BCUT2D eigenvalue weighted by atomic mass is 79.9. The van der Waals surface area contributed by atoms with Crippen LogP contribution in [0.3, 0.4) is 0 Å². The summed E-state index contributed by atoms with van der Waals surface area (Å²) >= 11 is 4.34. The summed E-state index contributed by atoms with van der Waals surface area (Å²) in [5.74, 6) is 0.588. The lowest BCUT2D eigenvalue weighted by Crippen LogP contribution is -1.98. The molecule has 0 aliphatic rings. The van der Waals surface area contributed by atoms with Gasteiger partial charge in [0, 0.05) is 0 Å². The van der Waals surface area contributed by atoms with Crippen LogP contribution in [0.5, 0.6) is 11.5 Å². The number of ether oxygens (including phenoxy) is 2. The molecule has 0 bridgehead atoms. The fourth-order valence-corrected chi connectivity index (χ4v) is 3.15. The molecule has 0 aliphatic heterocycles. The second-order valence-corrected chi connectivity index (χ2v) is 6.22. The smallest absolute Gasteiger partial charge is 0.342 e. The Kier molecular flexibility index (Phi) is 5.67. The van der Waals surface area contributed by atoms with E-state index in [0.29, 0.717) is 32.5 Å².